The molecule has 0 bridgehead atoms. The maximum absolute atomic E-state index is 4.20. The van der Waals surface area contributed by atoms with Gasteiger partial charge in [-0.05, 0) is 11.8 Å². The standard InChI is InChI=1S/C11H21N3/c1-8(2)6-14-7-12-13-11(14)10(5)9(3)4/h7-10H,6H2,1-5H3. The van der Waals surface area contributed by atoms with E-state index in [4.69, 9.17) is 0 Å². The highest BCUT2D eigenvalue weighted by Gasteiger charge is 2.16. The highest BCUT2D eigenvalue weighted by atomic mass is 15.3. The Labute approximate surface area is 86.5 Å². The van der Waals surface area contributed by atoms with Gasteiger partial charge in [-0.15, -0.1) is 10.2 Å². The van der Waals surface area contributed by atoms with Crippen LogP contribution < -0.4 is 0 Å². The van der Waals surface area contributed by atoms with Gasteiger partial charge < -0.3 is 4.57 Å². The highest BCUT2D eigenvalue weighted by molar-refractivity contribution is 4.95. The fourth-order valence-electron chi connectivity index (χ4n) is 1.45. The van der Waals surface area contributed by atoms with Crippen molar-refractivity contribution in [3.8, 4) is 0 Å². The Balaban J connectivity index is 2.81. The van der Waals surface area contributed by atoms with Crippen LogP contribution in [0, 0.1) is 11.8 Å². The lowest BCUT2D eigenvalue weighted by atomic mass is 9.97. The van der Waals surface area contributed by atoms with Crippen LogP contribution in [0.1, 0.15) is 46.4 Å². The third-order valence-corrected chi connectivity index (χ3v) is 2.61. The van der Waals surface area contributed by atoms with Gasteiger partial charge in [0, 0.05) is 12.5 Å². The van der Waals surface area contributed by atoms with Crippen molar-refractivity contribution in [2.75, 3.05) is 0 Å². The lowest BCUT2D eigenvalue weighted by Gasteiger charge is -2.17. The number of rotatable bonds is 4. The van der Waals surface area contributed by atoms with E-state index in [9.17, 15) is 0 Å². The van der Waals surface area contributed by atoms with Crippen molar-refractivity contribution in [3.05, 3.63) is 12.2 Å². The van der Waals surface area contributed by atoms with Gasteiger partial charge in [-0.2, -0.15) is 0 Å². The van der Waals surface area contributed by atoms with Gasteiger partial charge in [-0.1, -0.05) is 34.6 Å². The van der Waals surface area contributed by atoms with Crippen LogP contribution in [0.2, 0.25) is 0 Å². The van der Waals surface area contributed by atoms with Crippen molar-refractivity contribution in [1.82, 2.24) is 14.8 Å². The molecule has 3 heteroatoms. The molecule has 1 aromatic rings. The number of hydrogen-bond donors (Lipinski definition) is 0. The molecule has 1 heterocycles. The zero-order valence-corrected chi connectivity index (χ0v) is 9.86. The summed E-state index contributed by atoms with van der Waals surface area (Å²) in [5.74, 6) is 2.86. The highest BCUT2D eigenvalue weighted by Crippen LogP contribution is 2.21. The number of hydrogen-bond acceptors (Lipinski definition) is 2. The summed E-state index contributed by atoms with van der Waals surface area (Å²) in [6.07, 6.45) is 1.84. The molecular weight excluding hydrogens is 174 g/mol. The lowest BCUT2D eigenvalue weighted by Crippen LogP contribution is -2.13. The van der Waals surface area contributed by atoms with E-state index in [1.165, 1.54) is 0 Å². The lowest BCUT2D eigenvalue weighted by molar-refractivity contribution is 0.449. The van der Waals surface area contributed by atoms with Crippen molar-refractivity contribution in [2.24, 2.45) is 11.8 Å². The van der Waals surface area contributed by atoms with E-state index in [0.29, 0.717) is 17.8 Å². The molecule has 0 aliphatic heterocycles. The molecule has 0 radical (unpaired) electrons. The van der Waals surface area contributed by atoms with Crippen molar-refractivity contribution in [2.45, 2.75) is 47.1 Å². The molecule has 0 N–H and O–H groups in total. The summed E-state index contributed by atoms with van der Waals surface area (Å²) < 4.78 is 2.18. The van der Waals surface area contributed by atoms with Gasteiger partial charge in [0.25, 0.3) is 0 Å². The van der Waals surface area contributed by atoms with Gasteiger partial charge in [-0.25, -0.2) is 0 Å². The Kier molecular flexibility index (Phi) is 3.67. The summed E-state index contributed by atoms with van der Waals surface area (Å²) in [7, 11) is 0. The molecule has 14 heavy (non-hydrogen) atoms. The molecule has 1 aromatic heterocycles. The third-order valence-electron chi connectivity index (χ3n) is 2.61. The molecule has 0 aliphatic carbocycles. The molecule has 0 aromatic carbocycles. The Morgan fingerprint density at radius 2 is 1.86 bits per heavy atom. The summed E-state index contributed by atoms with van der Waals surface area (Å²) in [5.41, 5.74) is 0. The Morgan fingerprint density at radius 3 is 2.36 bits per heavy atom. The zero-order valence-electron chi connectivity index (χ0n) is 9.86. The summed E-state index contributed by atoms with van der Waals surface area (Å²) in [4.78, 5) is 0. The maximum atomic E-state index is 4.20. The fourth-order valence-corrected chi connectivity index (χ4v) is 1.45. The van der Waals surface area contributed by atoms with Crippen LogP contribution in [0.4, 0.5) is 0 Å². The molecule has 3 nitrogen and oxygen atoms in total. The Bertz CT molecular complexity index is 276. The van der Waals surface area contributed by atoms with Crippen LogP contribution in [0.25, 0.3) is 0 Å². The van der Waals surface area contributed by atoms with Gasteiger partial charge >= 0.3 is 0 Å². The predicted molar refractivity (Wildman–Crippen MR) is 58.1 cm³/mol. The normalized spacial score (nSPS) is 13.9. The van der Waals surface area contributed by atoms with E-state index >= 15 is 0 Å². The van der Waals surface area contributed by atoms with Crippen LogP contribution in [-0.4, -0.2) is 14.8 Å². The first-order valence-corrected chi connectivity index (χ1v) is 5.40. The average molecular weight is 195 g/mol. The van der Waals surface area contributed by atoms with E-state index in [2.05, 4.69) is 49.4 Å². The smallest absolute Gasteiger partial charge is 0.135 e. The molecule has 1 atom stereocenters. The third kappa shape index (κ3) is 2.56. The summed E-state index contributed by atoms with van der Waals surface area (Å²) in [5, 5.41) is 8.20. The first-order valence-electron chi connectivity index (χ1n) is 5.40. The van der Waals surface area contributed by atoms with Crippen LogP contribution in [0.15, 0.2) is 6.33 Å². The molecule has 80 valence electrons. The first kappa shape index (κ1) is 11.2. The second-order valence-corrected chi connectivity index (χ2v) is 4.77. The minimum Gasteiger partial charge on any atom is -0.317 e. The summed E-state index contributed by atoms with van der Waals surface area (Å²) in [6, 6.07) is 0. The second-order valence-electron chi connectivity index (χ2n) is 4.77. The molecule has 0 amide bonds. The molecule has 0 aliphatic rings. The predicted octanol–water partition coefficient (Wildman–Crippen LogP) is 2.69. The molecular formula is C11H21N3. The second kappa shape index (κ2) is 4.58. The molecule has 1 unspecified atom stereocenters. The van der Waals surface area contributed by atoms with Gasteiger partial charge in [-0.3, -0.25) is 0 Å². The van der Waals surface area contributed by atoms with Crippen LogP contribution in [-0.2, 0) is 6.54 Å². The van der Waals surface area contributed by atoms with Crippen molar-refractivity contribution in [3.63, 3.8) is 0 Å². The van der Waals surface area contributed by atoms with Crippen LogP contribution in [0.5, 0.6) is 0 Å². The molecule has 1 rings (SSSR count). The fraction of sp³-hybridized carbons (Fsp3) is 0.818. The number of nitrogens with zero attached hydrogens (tertiary/aromatic N) is 3. The SMILES string of the molecule is CC(C)Cn1cnnc1C(C)C(C)C. The van der Waals surface area contributed by atoms with Gasteiger partial charge in [0.15, 0.2) is 0 Å². The van der Waals surface area contributed by atoms with Crippen LogP contribution in [0.3, 0.4) is 0 Å². The quantitative estimate of drug-likeness (QED) is 0.739. The summed E-state index contributed by atoms with van der Waals surface area (Å²) in [6.45, 7) is 12.1. The minimum absolute atomic E-state index is 0.483. The zero-order chi connectivity index (χ0) is 10.7. The van der Waals surface area contributed by atoms with Crippen molar-refractivity contribution in [1.29, 1.82) is 0 Å². The van der Waals surface area contributed by atoms with Gasteiger partial charge in [0.2, 0.25) is 0 Å². The maximum Gasteiger partial charge on any atom is 0.135 e. The first-order chi connectivity index (χ1) is 6.52. The molecule has 0 spiro atoms. The molecule has 0 fully saturated rings. The van der Waals surface area contributed by atoms with Gasteiger partial charge in [0.1, 0.15) is 12.2 Å². The Hall–Kier alpha value is -0.860. The van der Waals surface area contributed by atoms with E-state index in [0.717, 1.165) is 12.4 Å². The summed E-state index contributed by atoms with van der Waals surface area (Å²) >= 11 is 0. The average Bonchev–Trinajstić information content (AvgIpc) is 2.49. The monoisotopic (exact) mass is 195 g/mol. The van der Waals surface area contributed by atoms with Gasteiger partial charge in [0.05, 0.1) is 0 Å². The van der Waals surface area contributed by atoms with E-state index in [-0.39, 0.29) is 0 Å². The molecule has 0 saturated carbocycles. The number of aromatic nitrogens is 3. The van der Waals surface area contributed by atoms with Crippen molar-refractivity contribution >= 4 is 0 Å². The van der Waals surface area contributed by atoms with E-state index in [1.807, 2.05) is 6.33 Å². The van der Waals surface area contributed by atoms with Crippen molar-refractivity contribution < 1.29 is 0 Å². The van der Waals surface area contributed by atoms with Crippen LogP contribution >= 0.6 is 0 Å². The largest absolute Gasteiger partial charge is 0.317 e. The molecule has 0 saturated heterocycles. The van der Waals surface area contributed by atoms with E-state index in [1.54, 1.807) is 0 Å². The minimum atomic E-state index is 0.483. The topological polar surface area (TPSA) is 30.7 Å². The van der Waals surface area contributed by atoms with E-state index < -0.39 is 0 Å². The Morgan fingerprint density at radius 1 is 1.21 bits per heavy atom.